The molecule has 14 heavy (non-hydrogen) atoms. The molecule has 0 aliphatic heterocycles. The number of anilines is 1. The number of hydrogen-bond donors (Lipinski definition) is 1. The van der Waals surface area contributed by atoms with E-state index in [1.54, 1.807) is 17.5 Å². The highest BCUT2D eigenvalue weighted by molar-refractivity contribution is 7.13. The molecular weight excluding hydrogens is 223 g/mol. The van der Waals surface area contributed by atoms with Gasteiger partial charge in [-0.05, 0) is 18.2 Å². The molecule has 0 amide bonds. The van der Waals surface area contributed by atoms with Crippen LogP contribution in [0.1, 0.15) is 0 Å². The minimum absolute atomic E-state index is 0.370. The standard InChI is InChI=1S/C9H6ClFN2S/c10-5-1-2-6(7(11)3-5)8-4-14-9(12)13-8/h1-4H,(H2,12,13). The molecule has 0 radical (unpaired) electrons. The molecular formula is C9H6ClFN2S. The average molecular weight is 229 g/mol. The van der Waals surface area contributed by atoms with Gasteiger partial charge in [-0.2, -0.15) is 0 Å². The van der Waals surface area contributed by atoms with Gasteiger partial charge in [0.2, 0.25) is 0 Å². The Morgan fingerprint density at radius 1 is 1.43 bits per heavy atom. The van der Waals surface area contributed by atoms with Gasteiger partial charge >= 0.3 is 0 Å². The summed E-state index contributed by atoms with van der Waals surface area (Å²) in [5.74, 6) is -0.386. The van der Waals surface area contributed by atoms with E-state index in [9.17, 15) is 4.39 Å². The molecule has 0 fully saturated rings. The minimum atomic E-state index is -0.386. The minimum Gasteiger partial charge on any atom is -0.375 e. The Morgan fingerprint density at radius 3 is 2.79 bits per heavy atom. The number of benzene rings is 1. The summed E-state index contributed by atoms with van der Waals surface area (Å²) in [6, 6.07) is 4.47. The smallest absolute Gasteiger partial charge is 0.180 e. The van der Waals surface area contributed by atoms with Crippen LogP contribution in [0.3, 0.4) is 0 Å². The van der Waals surface area contributed by atoms with Gasteiger partial charge in [-0.15, -0.1) is 11.3 Å². The first-order valence-electron chi connectivity index (χ1n) is 3.83. The fraction of sp³-hybridized carbons (Fsp3) is 0. The van der Waals surface area contributed by atoms with Gasteiger partial charge in [0.25, 0.3) is 0 Å². The zero-order valence-corrected chi connectivity index (χ0v) is 8.57. The van der Waals surface area contributed by atoms with E-state index in [2.05, 4.69) is 4.98 Å². The van der Waals surface area contributed by atoms with Crippen LogP contribution < -0.4 is 5.73 Å². The molecule has 2 N–H and O–H groups in total. The van der Waals surface area contributed by atoms with E-state index in [1.165, 1.54) is 17.4 Å². The molecule has 1 aromatic heterocycles. The second kappa shape index (κ2) is 3.55. The number of rotatable bonds is 1. The number of aromatic nitrogens is 1. The van der Waals surface area contributed by atoms with Crippen molar-refractivity contribution < 1.29 is 4.39 Å². The molecule has 0 bridgehead atoms. The van der Waals surface area contributed by atoms with Crippen molar-refractivity contribution in [3.63, 3.8) is 0 Å². The summed E-state index contributed by atoms with van der Waals surface area (Å²) in [6.07, 6.45) is 0. The summed E-state index contributed by atoms with van der Waals surface area (Å²) < 4.78 is 13.4. The Hall–Kier alpha value is -1.13. The highest BCUT2D eigenvalue weighted by atomic mass is 35.5. The average Bonchev–Trinajstić information content (AvgIpc) is 2.51. The molecule has 0 saturated heterocycles. The third-order valence-corrected chi connectivity index (χ3v) is 2.64. The van der Waals surface area contributed by atoms with E-state index in [-0.39, 0.29) is 5.82 Å². The van der Waals surface area contributed by atoms with Crippen LogP contribution in [-0.4, -0.2) is 4.98 Å². The molecule has 1 aromatic carbocycles. The second-order valence-electron chi connectivity index (χ2n) is 2.70. The van der Waals surface area contributed by atoms with E-state index in [0.29, 0.717) is 21.4 Å². The van der Waals surface area contributed by atoms with Gasteiger partial charge in [0.15, 0.2) is 5.13 Å². The van der Waals surface area contributed by atoms with Gasteiger partial charge in [-0.3, -0.25) is 0 Å². The first kappa shape index (κ1) is 9.43. The maximum absolute atomic E-state index is 13.4. The van der Waals surface area contributed by atoms with E-state index in [0.717, 1.165) is 0 Å². The molecule has 2 rings (SSSR count). The monoisotopic (exact) mass is 228 g/mol. The van der Waals surface area contributed by atoms with Crippen LogP contribution in [0, 0.1) is 5.82 Å². The van der Waals surface area contributed by atoms with Gasteiger partial charge in [0.1, 0.15) is 5.82 Å². The summed E-state index contributed by atoms with van der Waals surface area (Å²) in [6.45, 7) is 0. The van der Waals surface area contributed by atoms with Gasteiger partial charge in [0, 0.05) is 16.0 Å². The Labute approximate surface area is 89.2 Å². The van der Waals surface area contributed by atoms with Crippen molar-refractivity contribution in [3.8, 4) is 11.3 Å². The lowest BCUT2D eigenvalue weighted by atomic mass is 10.1. The quantitative estimate of drug-likeness (QED) is 0.814. The zero-order chi connectivity index (χ0) is 10.1. The zero-order valence-electron chi connectivity index (χ0n) is 7.00. The number of nitrogens with zero attached hydrogens (tertiary/aromatic N) is 1. The van der Waals surface area contributed by atoms with Gasteiger partial charge in [0.05, 0.1) is 5.69 Å². The predicted octanol–water partition coefficient (Wildman–Crippen LogP) is 3.18. The SMILES string of the molecule is Nc1nc(-c2ccc(Cl)cc2F)cs1. The summed E-state index contributed by atoms with van der Waals surface area (Å²) in [7, 11) is 0. The van der Waals surface area contributed by atoms with Crippen molar-refractivity contribution in [2.24, 2.45) is 0 Å². The summed E-state index contributed by atoms with van der Waals surface area (Å²) in [4.78, 5) is 3.98. The maximum Gasteiger partial charge on any atom is 0.180 e. The Balaban J connectivity index is 2.52. The highest BCUT2D eigenvalue weighted by Gasteiger charge is 2.08. The molecule has 72 valence electrons. The lowest BCUT2D eigenvalue weighted by molar-refractivity contribution is 0.631. The summed E-state index contributed by atoms with van der Waals surface area (Å²) >= 11 is 6.91. The molecule has 0 unspecified atom stereocenters. The van der Waals surface area contributed by atoms with Crippen molar-refractivity contribution in [2.75, 3.05) is 5.73 Å². The summed E-state index contributed by atoms with van der Waals surface area (Å²) in [5.41, 5.74) is 6.42. The third-order valence-electron chi connectivity index (χ3n) is 1.73. The Morgan fingerprint density at radius 2 is 2.21 bits per heavy atom. The lowest BCUT2D eigenvalue weighted by Gasteiger charge is -1.98. The largest absolute Gasteiger partial charge is 0.375 e. The van der Waals surface area contributed by atoms with Crippen LogP contribution >= 0.6 is 22.9 Å². The third kappa shape index (κ3) is 1.71. The van der Waals surface area contributed by atoms with Crippen molar-refractivity contribution in [3.05, 3.63) is 34.4 Å². The maximum atomic E-state index is 13.4. The fourth-order valence-corrected chi connectivity index (χ4v) is 1.83. The first-order chi connectivity index (χ1) is 6.66. The van der Waals surface area contributed by atoms with Crippen molar-refractivity contribution in [1.29, 1.82) is 0 Å². The molecule has 1 heterocycles. The number of thiazole rings is 1. The molecule has 2 nitrogen and oxygen atoms in total. The van der Waals surface area contributed by atoms with Gasteiger partial charge in [-0.1, -0.05) is 11.6 Å². The predicted molar refractivity (Wildman–Crippen MR) is 56.9 cm³/mol. The normalized spacial score (nSPS) is 10.4. The molecule has 0 saturated carbocycles. The highest BCUT2D eigenvalue weighted by Crippen LogP contribution is 2.27. The van der Waals surface area contributed by atoms with E-state index < -0.39 is 0 Å². The van der Waals surface area contributed by atoms with Crippen molar-refractivity contribution >= 4 is 28.1 Å². The molecule has 0 atom stereocenters. The van der Waals surface area contributed by atoms with Gasteiger partial charge < -0.3 is 5.73 Å². The molecule has 2 aromatic rings. The topological polar surface area (TPSA) is 38.9 Å². The Kier molecular flexibility index (Phi) is 2.39. The number of nitrogen functional groups attached to an aromatic ring is 1. The number of halogens is 2. The molecule has 5 heteroatoms. The number of hydrogen-bond acceptors (Lipinski definition) is 3. The van der Waals surface area contributed by atoms with E-state index >= 15 is 0 Å². The van der Waals surface area contributed by atoms with Crippen LogP contribution in [0.15, 0.2) is 23.6 Å². The first-order valence-corrected chi connectivity index (χ1v) is 5.09. The molecule has 0 aliphatic rings. The van der Waals surface area contributed by atoms with Crippen LogP contribution in [-0.2, 0) is 0 Å². The number of nitrogens with two attached hydrogens (primary N) is 1. The van der Waals surface area contributed by atoms with Crippen LogP contribution in [0.4, 0.5) is 9.52 Å². The Bertz CT molecular complexity index is 470. The van der Waals surface area contributed by atoms with E-state index in [1.807, 2.05) is 0 Å². The fourth-order valence-electron chi connectivity index (χ4n) is 1.11. The molecule has 0 spiro atoms. The summed E-state index contributed by atoms with van der Waals surface area (Å²) in [5, 5.41) is 2.51. The van der Waals surface area contributed by atoms with Crippen LogP contribution in [0.25, 0.3) is 11.3 Å². The van der Waals surface area contributed by atoms with Crippen molar-refractivity contribution in [1.82, 2.24) is 4.98 Å². The second-order valence-corrected chi connectivity index (χ2v) is 4.02. The van der Waals surface area contributed by atoms with E-state index in [4.69, 9.17) is 17.3 Å². The van der Waals surface area contributed by atoms with Gasteiger partial charge in [-0.25, -0.2) is 9.37 Å². The lowest BCUT2D eigenvalue weighted by Crippen LogP contribution is -1.86. The van der Waals surface area contributed by atoms with Crippen LogP contribution in [0.2, 0.25) is 5.02 Å². The van der Waals surface area contributed by atoms with Crippen molar-refractivity contribution in [2.45, 2.75) is 0 Å². The molecule has 0 aliphatic carbocycles. The van der Waals surface area contributed by atoms with Crippen LogP contribution in [0.5, 0.6) is 0 Å².